The minimum atomic E-state index is -0.0816. The van der Waals surface area contributed by atoms with Gasteiger partial charge in [-0.2, -0.15) is 0 Å². The highest BCUT2D eigenvalue weighted by Crippen LogP contribution is 2.14. The number of benzene rings is 1. The van der Waals surface area contributed by atoms with Crippen LogP contribution in [-0.4, -0.2) is 81.8 Å². The molecule has 1 aromatic rings. The van der Waals surface area contributed by atoms with Crippen LogP contribution in [0.15, 0.2) is 24.3 Å². The van der Waals surface area contributed by atoms with E-state index < -0.39 is 0 Å². The zero-order chi connectivity index (χ0) is 18.2. The van der Waals surface area contributed by atoms with Crippen molar-refractivity contribution in [3.63, 3.8) is 0 Å². The van der Waals surface area contributed by atoms with E-state index in [4.69, 9.17) is 0 Å². The number of hydrogen-bond donors (Lipinski definition) is 2. The topological polar surface area (TPSA) is 50.9 Å². The van der Waals surface area contributed by atoms with Gasteiger partial charge >= 0.3 is 6.03 Å². The predicted molar refractivity (Wildman–Crippen MR) is 104 cm³/mol. The van der Waals surface area contributed by atoms with Crippen LogP contribution in [0.4, 0.5) is 10.5 Å². The van der Waals surface area contributed by atoms with Gasteiger partial charge in [0.25, 0.3) is 0 Å². The van der Waals surface area contributed by atoms with E-state index in [-0.39, 0.29) is 6.03 Å². The summed E-state index contributed by atoms with van der Waals surface area (Å²) in [5.74, 6) is 0. The zero-order valence-corrected chi connectivity index (χ0v) is 16.1. The molecule has 0 saturated carbocycles. The Morgan fingerprint density at radius 3 is 2.80 bits per heavy atom. The van der Waals surface area contributed by atoms with Gasteiger partial charge in [-0.3, -0.25) is 4.90 Å². The molecule has 140 valence electrons. The molecule has 1 aromatic carbocycles. The molecule has 0 aromatic heterocycles. The Labute approximate surface area is 152 Å². The van der Waals surface area contributed by atoms with Crippen LogP contribution in [0.2, 0.25) is 0 Å². The largest absolute Gasteiger partial charge is 0.370 e. The van der Waals surface area contributed by atoms with E-state index in [2.05, 4.69) is 77.5 Å². The van der Waals surface area contributed by atoms with Crippen molar-refractivity contribution in [3.05, 3.63) is 29.8 Å². The molecule has 25 heavy (non-hydrogen) atoms. The third kappa shape index (κ3) is 6.21. The number of urea groups is 1. The summed E-state index contributed by atoms with van der Waals surface area (Å²) in [5, 5.41) is 5.98. The first-order valence-electron chi connectivity index (χ1n) is 9.21. The number of carbonyl (C=O) groups excluding carboxylic acids is 1. The van der Waals surface area contributed by atoms with Gasteiger partial charge in [0.2, 0.25) is 0 Å². The Hall–Kier alpha value is -1.79. The first-order chi connectivity index (χ1) is 12.0. The minimum Gasteiger partial charge on any atom is -0.370 e. The number of amides is 2. The lowest BCUT2D eigenvalue weighted by Gasteiger charge is -2.37. The SMILES string of the molecule is CCN(CCNC(=O)NC[C@@H]1CN(C)CCN1C)c1cccc(C)c1. The van der Waals surface area contributed by atoms with Crippen LogP contribution in [0.25, 0.3) is 0 Å². The van der Waals surface area contributed by atoms with Crippen LogP contribution >= 0.6 is 0 Å². The number of nitrogens with one attached hydrogen (secondary N) is 2. The lowest BCUT2D eigenvalue weighted by molar-refractivity contribution is 0.114. The van der Waals surface area contributed by atoms with Crippen LogP contribution in [0.5, 0.6) is 0 Å². The number of piperazine rings is 1. The fourth-order valence-corrected chi connectivity index (χ4v) is 3.19. The number of likely N-dealkylation sites (N-methyl/N-ethyl adjacent to an activating group) is 3. The number of rotatable bonds is 7. The van der Waals surface area contributed by atoms with Gasteiger partial charge in [0, 0.05) is 57.5 Å². The van der Waals surface area contributed by atoms with Crippen LogP contribution < -0.4 is 15.5 Å². The number of nitrogens with zero attached hydrogens (tertiary/aromatic N) is 3. The fraction of sp³-hybridized carbons (Fsp3) is 0.632. The maximum atomic E-state index is 12.1. The standard InChI is InChI=1S/C19H33N5O/c1-5-24(17-8-6-7-16(2)13-17)10-9-20-19(25)21-14-18-15-22(3)11-12-23(18)4/h6-8,13,18H,5,9-12,14-15H2,1-4H3,(H2,20,21,25)/t18-/m1/s1. The monoisotopic (exact) mass is 347 g/mol. The van der Waals surface area contributed by atoms with Gasteiger partial charge in [0.1, 0.15) is 0 Å². The highest BCUT2D eigenvalue weighted by molar-refractivity contribution is 5.73. The van der Waals surface area contributed by atoms with Crippen molar-refractivity contribution in [1.29, 1.82) is 0 Å². The smallest absolute Gasteiger partial charge is 0.314 e. The molecule has 0 bridgehead atoms. The van der Waals surface area contributed by atoms with Gasteiger partial charge in [0.15, 0.2) is 0 Å². The number of carbonyl (C=O) groups is 1. The highest BCUT2D eigenvalue weighted by atomic mass is 16.2. The molecule has 0 radical (unpaired) electrons. The fourth-order valence-electron chi connectivity index (χ4n) is 3.19. The summed E-state index contributed by atoms with van der Waals surface area (Å²) in [6.45, 7) is 10.4. The normalized spacial score (nSPS) is 18.8. The molecular formula is C19H33N5O. The summed E-state index contributed by atoms with van der Waals surface area (Å²) in [7, 11) is 4.25. The number of aryl methyl sites for hydroxylation is 1. The van der Waals surface area contributed by atoms with Gasteiger partial charge in [0.05, 0.1) is 0 Å². The molecule has 2 N–H and O–H groups in total. The van der Waals surface area contributed by atoms with E-state index in [9.17, 15) is 4.79 Å². The van der Waals surface area contributed by atoms with Crippen molar-refractivity contribution in [1.82, 2.24) is 20.4 Å². The Morgan fingerprint density at radius 1 is 1.28 bits per heavy atom. The summed E-state index contributed by atoms with van der Waals surface area (Å²) >= 11 is 0. The summed E-state index contributed by atoms with van der Waals surface area (Å²) in [5.41, 5.74) is 2.46. The lowest BCUT2D eigenvalue weighted by Crippen LogP contribution is -2.55. The van der Waals surface area contributed by atoms with Crippen molar-refractivity contribution in [2.75, 3.05) is 64.8 Å². The Kier molecular flexibility index (Phi) is 7.52. The molecule has 0 spiro atoms. The van der Waals surface area contributed by atoms with E-state index >= 15 is 0 Å². The second kappa shape index (κ2) is 9.63. The average Bonchev–Trinajstić information content (AvgIpc) is 2.59. The summed E-state index contributed by atoms with van der Waals surface area (Å²) < 4.78 is 0. The Morgan fingerprint density at radius 2 is 2.08 bits per heavy atom. The van der Waals surface area contributed by atoms with E-state index in [0.29, 0.717) is 19.1 Å². The molecule has 1 saturated heterocycles. The summed E-state index contributed by atoms with van der Waals surface area (Å²) in [4.78, 5) is 19.0. The van der Waals surface area contributed by atoms with E-state index in [1.165, 1.54) is 11.3 Å². The first kappa shape index (κ1) is 19.5. The molecule has 1 heterocycles. The van der Waals surface area contributed by atoms with Gasteiger partial charge in [-0.1, -0.05) is 12.1 Å². The molecule has 2 rings (SSSR count). The molecule has 0 aliphatic carbocycles. The molecule has 2 amide bonds. The first-order valence-corrected chi connectivity index (χ1v) is 9.21. The van der Waals surface area contributed by atoms with E-state index in [1.54, 1.807) is 0 Å². The third-order valence-electron chi connectivity index (χ3n) is 4.89. The lowest BCUT2D eigenvalue weighted by atomic mass is 10.2. The predicted octanol–water partition coefficient (Wildman–Crippen LogP) is 1.37. The van der Waals surface area contributed by atoms with Gasteiger partial charge in [-0.15, -0.1) is 0 Å². The molecule has 1 fully saturated rings. The summed E-state index contributed by atoms with van der Waals surface area (Å²) in [6.07, 6.45) is 0. The highest BCUT2D eigenvalue weighted by Gasteiger charge is 2.22. The quantitative estimate of drug-likeness (QED) is 0.782. The molecule has 6 nitrogen and oxygen atoms in total. The molecule has 1 aliphatic rings. The Balaban J connectivity index is 1.70. The van der Waals surface area contributed by atoms with Crippen molar-refractivity contribution < 1.29 is 4.79 Å². The van der Waals surface area contributed by atoms with Crippen molar-refractivity contribution in [3.8, 4) is 0 Å². The van der Waals surface area contributed by atoms with Gasteiger partial charge in [-0.05, 0) is 45.6 Å². The summed E-state index contributed by atoms with van der Waals surface area (Å²) in [6, 6.07) is 8.77. The molecular weight excluding hydrogens is 314 g/mol. The second-order valence-electron chi connectivity index (χ2n) is 6.95. The Bertz CT molecular complexity index is 550. The maximum absolute atomic E-state index is 12.1. The van der Waals surface area contributed by atoms with E-state index in [1.807, 2.05) is 0 Å². The van der Waals surface area contributed by atoms with Crippen LogP contribution in [0, 0.1) is 6.92 Å². The van der Waals surface area contributed by atoms with Crippen LogP contribution in [0.1, 0.15) is 12.5 Å². The van der Waals surface area contributed by atoms with Crippen molar-refractivity contribution in [2.24, 2.45) is 0 Å². The van der Waals surface area contributed by atoms with Crippen LogP contribution in [0.3, 0.4) is 0 Å². The van der Waals surface area contributed by atoms with E-state index in [0.717, 1.165) is 32.7 Å². The van der Waals surface area contributed by atoms with Gasteiger partial charge in [-0.25, -0.2) is 4.79 Å². The minimum absolute atomic E-state index is 0.0816. The maximum Gasteiger partial charge on any atom is 0.314 e. The number of hydrogen-bond acceptors (Lipinski definition) is 4. The van der Waals surface area contributed by atoms with Crippen molar-refractivity contribution in [2.45, 2.75) is 19.9 Å². The molecule has 6 heteroatoms. The molecule has 1 atom stereocenters. The average molecular weight is 348 g/mol. The second-order valence-corrected chi connectivity index (χ2v) is 6.95. The van der Waals surface area contributed by atoms with Crippen molar-refractivity contribution >= 4 is 11.7 Å². The molecule has 1 aliphatic heterocycles. The zero-order valence-electron chi connectivity index (χ0n) is 16.1. The third-order valence-corrected chi connectivity index (χ3v) is 4.89. The number of anilines is 1. The van der Waals surface area contributed by atoms with Gasteiger partial charge < -0.3 is 20.4 Å². The van der Waals surface area contributed by atoms with Crippen LogP contribution in [-0.2, 0) is 0 Å². The molecule has 0 unspecified atom stereocenters.